The molecule has 0 atom stereocenters. The zero-order valence-electron chi connectivity index (χ0n) is 8.71. The maximum absolute atomic E-state index is 10.8. The maximum atomic E-state index is 10.8. The molecule has 0 bridgehead atoms. The highest BCUT2D eigenvalue weighted by molar-refractivity contribution is 6.30. The first kappa shape index (κ1) is 11.8. The summed E-state index contributed by atoms with van der Waals surface area (Å²) in [4.78, 5) is 10.8. The Labute approximate surface area is 94.5 Å². The van der Waals surface area contributed by atoms with Crippen LogP contribution < -0.4 is 4.74 Å². The quantitative estimate of drug-likeness (QED) is 0.580. The van der Waals surface area contributed by atoms with Crippen molar-refractivity contribution in [3.05, 3.63) is 47.4 Å². The summed E-state index contributed by atoms with van der Waals surface area (Å²) in [6, 6.07) is 5.15. The molecule has 0 unspecified atom stereocenters. The summed E-state index contributed by atoms with van der Waals surface area (Å²) < 4.78 is 4.96. The van der Waals surface area contributed by atoms with Gasteiger partial charge in [0.1, 0.15) is 5.75 Å². The zero-order valence-corrected chi connectivity index (χ0v) is 9.47. The average Bonchev–Trinajstić information content (AvgIpc) is 2.14. The van der Waals surface area contributed by atoms with Crippen LogP contribution in [0.3, 0.4) is 0 Å². The van der Waals surface area contributed by atoms with Crippen molar-refractivity contribution in [1.82, 2.24) is 0 Å². The van der Waals surface area contributed by atoms with E-state index in [9.17, 15) is 4.79 Å². The predicted molar refractivity (Wildman–Crippen MR) is 61.0 cm³/mol. The fraction of sp³-hybridized carbons (Fsp3) is 0.167. The zero-order chi connectivity index (χ0) is 11.4. The minimum Gasteiger partial charge on any atom is -0.427 e. The molecule has 0 aliphatic heterocycles. The molecule has 0 amide bonds. The first-order chi connectivity index (χ1) is 7.02. The summed E-state index contributed by atoms with van der Waals surface area (Å²) in [6.45, 7) is 6.93. The molecule has 1 rings (SSSR count). The van der Waals surface area contributed by atoms with Crippen molar-refractivity contribution >= 4 is 17.6 Å². The van der Waals surface area contributed by atoms with E-state index in [0.29, 0.717) is 10.8 Å². The summed E-state index contributed by atoms with van der Waals surface area (Å²) in [7, 11) is 0. The third-order valence-corrected chi connectivity index (χ3v) is 2.11. The highest BCUT2D eigenvalue weighted by Gasteiger charge is 2.07. The molecule has 0 spiro atoms. The number of halogens is 1. The van der Waals surface area contributed by atoms with Crippen LogP contribution in [0.15, 0.2) is 30.9 Å². The highest BCUT2D eigenvalue weighted by Crippen LogP contribution is 2.26. The van der Waals surface area contributed by atoms with Gasteiger partial charge in [-0.05, 0) is 23.8 Å². The number of benzene rings is 1. The predicted octanol–water partition coefficient (Wildman–Crippen LogP) is 3.39. The summed E-state index contributed by atoms with van der Waals surface area (Å²) in [5.74, 6) is 1.07. The van der Waals surface area contributed by atoms with E-state index in [1.807, 2.05) is 6.92 Å². The molecule has 3 heteroatoms. The normalized spacial score (nSPS) is 10.1. The van der Waals surface area contributed by atoms with E-state index < -0.39 is 0 Å². The van der Waals surface area contributed by atoms with Gasteiger partial charge in [-0.3, -0.25) is 4.79 Å². The molecular weight excluding hydrogens is 212 g/mol. The standard InChI is InChI=1S/C12H12ClO2/c1-4-8(2)10-5-11(13)7-12(6-10)15-9(3)14/h4-7H,1H2,2-3H3. The SMILES string of the molecule is C=C[C](C)c1cc(Cl)cc(OC(C)=O)c1. The van der Waals surface area contributed by atoms with Crippen molar-refractivity contribution in [2.24, 2.45) is 0 Å². The van der Waals surface area contributed by atoms with Crippen LogP contribution in [0.4, 0.5) is 0 Å². The molecular formula is C12H12ClO2. The van der Waals surface area contributed by atoms with E-state index in [1.165, 1.54) is 6.92 Å². The van der Waals surface area contributed by atoms with Gasteiger partial charge in [-0.2, -0.15) is 0 Å². The summed E-state index contributed by atoms with van der Waals surface area (Å²) in [6.07, 6.45) is 1.73. The first-order valence-corrected chi connectivity index (χ1v) is 4.86. The smallest absolute Gasteiger partial charge is 0.308 e. The highest BCUT2D eigenvalue weighted by atomic mass is 35.5. The number of carbonyl (C=O) groups is 1. The molecule has 0 aliphatic rings. The lowest BCUT2D eigenvalue weighted by Gasteiger charge is -2.09. The maximum Gasteiger partial charge on any atom is 0.308 e. The molecule has 2 nitrogen and oxygen atoms in total. The molecule has 1 aromatic carbocycles. The Kier molecular flexibility index (Phi) is 3.92. The molecule has 0 N–H and O–H groups in total. The minimum atomic E-state index is -0.362. The van der Waals surface area contributed by atoms with Crippen molar-refractivity contribution in [3.63, 3.8) is 0 Å². The lowest BCUT2D eigenvalue weighted by Crippen LogP contribution is -2.02. The van der Waals surface area contributed by atoms with E-state index in [2.05, 4.69) is 6.58 Å². The second kappa shape index (κ2) is 4.99. The summed E-state index contributed by atoms with van der Waals surface area (Å²) in [5, 5.41) is 0.532. The molecule has 0 fully saturated rings. The van der Waals surface area contributed by atoms with Gasteiger partial charge >= 0.3 is 5.97 Å². The third-order valence-electron chi connectivity index (χ3n) is 1.89. The lowest BCUT2D eigenvalue weighted by molar-refractivity contribution is -0.131. The van der Waals surface area contributed by atoms with Crippen LogP contribution in [0.1, 0.15) is 19.4 Å². The number of rotatable bonds is 3. The van der Waals surface area contributed by atoms with Crippen LogP contribution in [-0.4, -0.2) is 5.97 Å². The van der Waals surface area contributed by atoms with Crippen LogP contribution in [0.5, 0.6) is 5.75 Å². The molecule has 15 heavy (non-hydrogen) atoms. The van der Waals surface area contributed by atoms with Crippen molar-refractivity contribution in [3.8, 4) is 5.75 Å². The topological polar surface area (TPSA) is 26.3 Å². The Balaban J connectivity index is 3.04. The van der Waals surface area contributed by atoms with Gasteiger partial charge in [0.2, 0.25) is 0 Å². The van der Waals surface area contributed by atoms with Crippen molar-refractivity contribution in [2.45, 2.75) is 13.8 Å². The van der Waals surface area contributed by atoms with Gasteiger partial charge in [0.15, 0.2) is 0 Å². The Morgan fingerprint density at radius 1 is 1.40 bits per heavy atom. The van der Waals surface area contributed by atoms with Gasteiger partial charge in [0.05, 0.1) is 0 Å². The number of allylic oxidation sites excluding steroid dienone is 1. The van der Waals surface area contributed by atoms with Crippen LogP contribution in [0.25, 0.3) is 0 Å². The average molecular weight is 224 g/mol. The van der Waals surface area contributed by atoms with Gasteiger partial charge in [0.25, 0.3) is 0 Å². The largest absolute Gasteiger partial charge is 0.427 e. The third kappa shape index (κ3) is 3.40. The lowest BCUT2D eigenvalue weighted by atomic mass is 10.0. The Bertz CT molecular complexity index is 385. The van der Waals surface area contributed by atoms with Crippen LogP contribution >= 0.6 is 11.6 Å². The molecule has 0 aromatic heterocycles. The van der Waals surface area contributed by atoms with Gasteiger partial charge in [-0.25, -0.2) is 0 Å². The molecule has 0 heterocycles. The summed E-state index contributed by atoms with van der Waals surface area (Å²) >= 11 is 5.90. The number of carbonyl (C=O) groups excluding carboxylic acids is 1. The molecule has 1 radical (unpaired) electrons. The number of esters is 1. The number of ether oxygens (including phenoxy) is 1. The van der Waals surface area contributed by atoms with Crippen molar-refractivity contribution in [1.29, 1.82) is 0 Å². The van der Waals surface area contributed by atoms with Gasteiger partial charge in [0, 0.05) is 17.9 Å². The Morgan fingerprint density at radius 3 is 2.60 bits per heavy atom. The van der Waals surface area contributed by atoms with Crippen LogP contribution in [-0.2, 0) is 4.79 Å². The molecule has 0 saturated heterocycles. The fourth-order valence-corrected chi connectivity index (χ4v) is 1.36. The molecule has 79 valence electrons. The van der Waals surface area contributed by atoms with E-state index in [-0.39, 0.29) is 5.97 Å². The monoisotopic (exact) mass is 223 g/mol. The minimum absolute atomic E-state index is 0.362. The number of hydrogen-bond acceptors (Lipinski definition) is 2. The van der Waals surface area contributed by atoms with Crippen LogP contribution in [0.2, 0.25) is 5.02 Å². The molecule has 0 aliphatic carbocycles. The Hall–Kier alpha value is -1.28. The van der Waals surface area contributed by atoms with Gasteiger partial charge in [-0.1, -0.05) is 24.6 Å². The molecule has 1 aromatic rings. The molecule has 0 saturated carbocycles. The van der Waals surface area contributed by atoms with E-state index in [0.717, 1.165) is 11.5 Å². The van der Waals surface area contributed by atoms with Crippen molar-refractivity contribution in [2.75, 3.05) is 0 Å². The fourth-order valence-electron chi connectivity index (χ4n) is 1.13. The Morgan fingerprint density at radius 2 is 2.07 bits per heavy atom. The van der Waals surface area contributed by atoms with E-state index >= 15 is 0 Å². The van der Waals surface area contributed by atoms with E-state index in [4.69, 9.17) is 16.3 Å². The van der Waals surface area contributed by atoms with E-state index in [1.54, 1.807) is 24.3 Å². The second-order valence-electron chi connectivity index (χ2n) is 3.16. The number of hydrogen-bond donors (Lipinski definition) is 0. The second-order valence-corrected chi connectivity index (χ2v) is 3.59. The van der Waals surface area contributed by atoms with Gasteiger partial charge < -0.3 is 4.74 Å². The van der Waals surface area contributed by atoms with Crippen molar-refractivity contribution < 1.29 is 9.53 Å². The first-order valence-electron chi connectivity index (χ1n) is 4.48. The van der Waals surface area contributed by atoms with Crippen LogP contribution in [0, 0.1) is 5.92 Å². The summed E-state index contributed by atoms with van der Waals surface area (Å²) in [5.41, 5.74) is 0.897. The van der Waals surface area contributed by atoms with Gasteiger partial charge in [-0.15, -0.1) is 6.58 Å².